The Balaban J connectivity index is 2.50. The van der Waals surface area contributed by atoms with Crippen LogP contribution >= 0.6 is 27.5 Å². The summed E-state index contributed by atoms with van der Waals surface area (Å²) in [7, 11) is 0. The molecule has 0 amide bonds. The molecule has 0 saturated carbocycles. The number of aromatic nitrogens is 2. The van der Waals surface area contributed by atoms with E-state index in [1.165, 1.54) is 0 Å². The molecule has 2 heterocycles. The highest BCUT2D eigenvalue weighted by molar-refractivity contribution is 9.10. The molecule has 4 heteroatoms. The van der Waals surface area contributed by atoms with Crippen molar-refractivity contribution in [3.8, 4) is 11.1 Å². The monoisotopic (exact) mass is 268 g/mol. The molecular formula is C10H6BrClN2. The van der Waals surface area contributed by atoms with Gasteiger partial charge in [-0.3, -0.25) is 0 Å². The van der Waals surface area contributed by atoms with Crippen LogP contribution in [0.4, 0.5) is 0 Å². The van der Waals surface area contributed by atoms with Crippen LogP contribution in [-0.2, 0) is 0 Å². The van der Waals surface area contributed by atoms with Crippen molar-refractivity contribution in [1.82, 2.24) is 9.97 Å². The average molecular weight is 270 g/mol. The van der Waals surface area contributed by atoms with E-state index >= 15 is 0 Å². The summed E-state index contributed by atoms with van der Waals surface area (Å²) in [4.78, 5) is 8.13. The Hall–Kier alpha value is -0.930. The molecule has 0 unspecified atom stereocenters. The third-order valence-corrected chi connectivity index (χ3v) is 2.57. The number of nitrogens with zero attached hydrogens (tertiary/aromatic N) is 2. The van der Waals surface area contributed by atoms with Crippen LogP contribution in [0, 0.1) is 0 Å². The summed E-state index contributed by atoms with van der Waals surface area (Å²) in [5, 5.41) is 0.497. The molecule has 0 aliphatic rings. The van der Waals surface area contributed by atoms with Gasteiger partial charge in [-0.2, -0.15) is 0 Å². The van der Waals surface area contributed by atoms with Crippen LogP contribution in [0.3, 0.4) is 0 Å². The second-order valence-electron chi connectivity index (χ2n) is 2.71. The maximum Gasteiger partial charge on any atom is 0.136 e. The first-order chi connectivity index (χ1) is 6.77. The standard InChI is InChI=1S/C10H6BrClN2/c11-9-4-3-7(6-14-9)8-2-1-5-13-10(8)12/h1-6H. The summed E-state index contributed by atoms with van der Waals surface area (Å²) < 4.78 is 0.807. The van der Waals surface area contributed by atoms with Crippen LogP contribution in [0.2, 0.25) is 5.15 Å². The molecule has 0 N–H and O–H groups in total. The van der Waals surface area contributed by atoms with Crippen molar-refractivity contribution in [1.29, 1.82) is 0 Å². The molecule has 2 aromatic rings. The molecule has 2 aromatic heterocycles. The molecule has 14 heavy (non-hydrogen) atoms. The van der Waals surface area contributed by atoms with Crippen molar-refractivity contribution in [2.24, 2.45) is 0 Å². The van der Waals surface area contributed by atoms with Gasteiger partial charge >= 0.3 is 0 Å². The topological polar surface area (TPSA) is 25.8 Å². The molecule has 70 valence electrons. The normalized spacial score (nSPS) is 10.1. The lowest BCUT2D eigenvalue weighted by Crippen LogP contribution is -1.83. The smallest absolute Gasteiger partial charge is 0.136 e. The van der Waals surface area contributed by atoms with Crippen LogP contribution < -0.4 is 0 Å². The van der Waals surface area contributed by atoms with Crippen molar-refractivity contribution < 1.29 is 0 Å². The number of halogens is 2. The largest absolute Gasteiger partial charge is 0.249 e. The van der Waals surface area contributed by atoms with Crippen molar-refractivity contribution in [3.05, 3.63) is 46.4 Å². The molecule has 2 nitrogen and oxygen atoms in total. The molecule has 0 aromatic carbocycles. The molecule has 0 aliphatic heterocycles. The highest BCUT2D eigenvalue weighted by atomic mass is 79.9. The molecule has 0 spiro atoms. The quantitative estimate of drug-likeness (QED) is 0.740. The Morgan fingerprint density at radius 3 is 2.64 bits per heavy atom. The van der Waals surface area contributed by atoms with E-state index in [1.807, 2.05) is 24.3 Å². The summed E-state index contributed by atoms with van der Waals surface area (Å²) >= 11 is 9.22. The van der Waals surface area contributed by atoms with E-state index in [2.05, 4.69) is 25.9 Å². The first kappa shape index (κ1) is 9.62. The molecule has 0 bridgehead atoms. The summed E-state index contributed by atoms with van der Waals surface area (Å²) in [5.74, 6) is 0. The van der Waals surface area contributed by atoms with E-state index in [-0.39, 0.29) is 0 Å². The van der Waals surface area contributed by atoms with E-state index in [1.54, 1.807) is 12.4 Å². The Bertz CT molecular complexity index is 442. The molecule has 0 fully saturated rings. The zero-order valence-electron chi connectivity index (χ0n) is 7.11. The van der Waals surface area contributed by atoms with Crippen molar-refractivity contribution in [2.75, 3.05) is 0 Å². The number of rotatable bonds is 1. The molecule has 0 aliphatic carbocycles. The van der Waals surface area contributed by atoms with Crippen molar-refractivity contribution in [2.45, 2.75) is 0 Å². The van der Waals surface area contributed by atoms with Gasteiger partial charge in [0.1, 0.15) is 9.76 Å². The summed E-state index contributed by atoms with van der Waals surface area (Å²) in [6.45, 7) is 0. The van der Waals surface area contributed by atoms with E-state index in [0.717, 1.165) is 15.7 Å². The third kappa shape index (κ3) is 1.94. The predicted octanol–water partition coefficient (Wildman–Crippen LogP) is 3.56. The van der Waals surface area contributed by atoms with Gasteiger partial charge in [-0.05, 0) is 34.1 Å². The lowest BCUT2D eigenvalue weighted by Gasteiger charge is -2.02. The minimum absolute atomic E-state index is 0.497. The fourth-order valence-corrected chi connectivity index (χ4v) is 1.60. The molecule has 0 radical (unpaired) electrons. The first-order valence-electron chi connectivity index (χ1n) is 4.00. The second-order valence-corrected chi connectivity index (χ2v) is 3.88. The SMILES string of the molecule is Clc1ncccc1-c1ccc(Br)nc1. The fourth-order valence-electron chi connectivity index (χ4n) is 1.14. The summed E-state index contributed by atoms with van der Waals surface area (Å²) in [6.07, 6.45) is 3.42. The highest BCUT2D eigenvalue weighted by Gasteiger charge is 2.03. The van der Waals surface area contributed by atoms with Gasteiger partial charge in [0.05, 0.1) is 0 Å². The van der Waals surface area contributed by atoms with Gasteiger partial charge in [0, 0.05) is 23.5 Å². The van der Waals surface area contributed by atoms with Gasteiger partial charge in [0.25, 0.3) is 0 Å². The minimum Gasteiger partial charge on any atom is -0.249 e. The van der Waals surface area contributed by atoms with Crippen molar-refractivity contribution in [3.63, 3.8) is 0 Å². The number of pyridine rings is 2. The molecular weight excluding hydrogens is 263 g/mol. The van der Waals surface area contributed by atoms with Gasteiger partial charge in [0.2, 0.25) is 0 Å². The van der Waals surface area contributed by atoms with Crippen LogP contribution in [0.15, 0.2) is 41.3 Å². The van der Waals surface area contributed by atoms with E-state index < -0.39 is 0 Å². The van der Waals surface area contributed by atoms with Gasteiger partial charge in [-0.1, -0.05) is 17.7 Å². The zero-order chi connectivity index (χ0) is 9.97. The van der Waals surface area contributed by atoms with Crippen molar-refractivity contribution >= 4 is 27.5 Å². The van der Waals surface area contributed by atoms with Gasteiger partial charge in [-0.15, -0.1) is 0 Å². The van der Waals surface area contributed by atoms with Crippen LogP contribution in [0.1, 0.15) is 0 Å². The Morgan fingerprint density at radius 2 is 2.00 bits per heavy atom. The highest BCUT2D eigenvalue weighted by Crippen LogP contribution is 2.25. The first-order valence-corrected chi connectivity index (χ1v) is 5.17. The van der Waals surface area contributed by atoms with Gasteiger partial charge < -0.3 is 0 Å². The second kappa shape index (κ2) is 4.07. The summed E-state index contributed by atoms with van der Waals surface area (Å²) in [5.41, 5.74) is 1.86. The molecule has 0 saturated heterocycles. The number of hydrogen-bond acceptors (Lipinski definition) is 2. The van der Waals surface area contributed by atoms with E-state index in [9.17, 15) is 0 Å². The van der Waals surface area contributed by atoms with Crippen LogP contribution in [0.25, 0.3) is 11.1 Å². The van der Waals surface area contributed by atoms with Crippen LogP contribution in [-0.4, -0.2) is 9.97 Å². The lowest BCUT2D eigenvalue weighted by molar-refractivity contribution is 1.26. The number of hydrogen-bond donors (Lipinski definition) is 0. The Kier molecular flexibility index (Phi) is 2.79. The predicted molar refractivity (Wildman–Crippen MR) is 60.2 cm³/mol. The molecule has 0 atom stereocenters. The fraction of sp³-hybridized carbons (Fsp3) is 0. The van der Waals surface area contributed by atoms with E-state index in [4.69, 9.17) is 11.6 Å². The maximum atomic E-state index is 5.95. The lowest BCUT2D eigenvalue weighted by atomic mass is 10.1. The molecule has 2 rings (SSSR count). The minimum atomic E-state index is 0.497. The summed E-state index contributed by atoms with van der Waals surface area (Å²) in [6, 6.07) is 7.59. The van der Waals surface area contributed by atoms with Gasteiger partial charge in [0.15, 0.2) is 0 Å². The Morgan fingerprint density at radius 1 is 1.14 bits per heavy atom. The zero-order valence-corrected chi connectivity index (χ0v) is 9.46. The third-order valence-electron chi connectivity index (χ3n) is 1.80. The van der Waals surface area contributed by atoms with Crippen LogP contribution in [0.5, 0.6) is 0 Å². The Labute approximate surface area is 95.1 Å². The van der Waals surface area contributed by atoms with Gasteiger partial charge in [-0.25, -0.2) is 9.97 Å². The average Bonchev–Trinajstić information content (AvgIpc) is 2.20. The maximum absolute atomic E-state index is 5.95. The van der Waals surface area contributed by atoms with E-state index in [0.29, 0.717) is 5.15 Å².